The molecule has 0 radical (unpaired) electrons. The maximum atomic E-state index is 6.28. The predicted molar refractivity (Wildman–Crippen MR) is 230 cm³/mol. The van der Waals surface area contributed by atoms with Gasteiger partial charge in [0, 0.05) is 48.8 Å². The Hall–Kier alpha value is -7.35. The van der Waals surface area contributed by atoms with Crippen LogP contribution < -0.4 is 0 Å². The van der Waals surface area contributed by atoms with Crippen molar-refractivity contribution in [1.29, 1.82) is 0 Å². The van der Waals surface area contributed by atoms with Crippen LogP contribution in [0.2, 0.25) is 0 Å². The lowest BCUT2D eigenvalue weighted by Crippen LogP contribution is -2.06. The number of nitrogens with zero attached hydrogens (tertiary/aromatic N) is 5. The Morgan fingerprint density at radius 1 is 0.411 bits per heavy atom. The second-order valence-corrected chi connectivity index (χ2v) is 15.4. The number of thiophene rings is 1. The van der Waals surface area contributed by atoms with E-state index in [0.29, 0.717) is 17.6 Å². The smallest absolute Gasteiger partial charge is 0.238 e. The zero-order chi connectivity index (χ0) is 36.5. The fourth-order valence-corrected chi connectivity index (χ4v) is 9.81. The van der Waals surface area contributed by atoms with Gasteiger partial charge in [-0.1, -0.05) is 103 Å². The number of fused-ring (bicyclic) bond motifs is 12. The van der Waals surface area contributed by atoms with E-state index in [1.807, 2.05) is 65.9 Å². The van der Waals surface area contributed by atoms with Crippen molar-refractivity contribution < 1.29 is 4.42 Å². The Morgan fingerprint density at radius 3 is 1.95 bits per heavy atom. The average molecular weight is 734 g/mol. The molecule has 0 bridgehead atoms. The molecule has 0 saturated carbocycles. The summed E-state index contributed by atoms with van der Waals surface area (Å²) in [4.78, 5) is 15.4. The summed E-state index contributed by atoms with van der Waals surface area (Å²) in [5.41, 5.74) is 11.7. The Kier molecular flexibility index (Phi) is 5.95. The summed E-state index contributed by atoms with van der Waals surface area (Å²) in [5, 5.41) is 10.5. The Balaban J connectivity index is 1.01. The molecule has 13 aromatic rings. The zero-order valence-electron chi connectivity index (χ0n) is 29.6. The minimum absolute atomic E-state index is 0.560. The van der Waals surface area contributed by atoms with E-state index >= 15 is 0 Å². The van der Waals surface area contributed by atoms with Crippen molar-refractivity contribution >= 4 is 92.5 Å². The molecular weight excluding hydrogens is 707 g/mol. The fourth-order valence-electron chi connectivity index (χ4n) is 8.91. The van der Waals surface area contributed by atoms with Crippen molar-refractivity contribution in [1.82, 2.24) is 23.9 Å². The molecule has 0 aliphatic heterocycles. The standard InChI is InChI=1S/C49H27N5OS/c1-2-9-28(10-3-1)47-50-48(31-17-20-34-33-12-5-7-16-43(33)55-44(34)27-31)52-49(51-47)54-39-15-6-4-11-32(39)37-25-29(19-22-41(37)54)30-18-21-40-38(26-30)35-13-8-14-36-45(35)53(40)42-23-24-56-46(36)42/h1-27H. The van der Waals surface area contributed by atoms with E-state index in [1.54, 1.807) is 0 Å². The number of furan rings is 1. The molecule has 0 unspecified atom stereocenters. The number of benzene rings is 7. The van der Waals surface area contributed by atoms with Gasteiger partial charge in [0.2, 0.25) is 5.95 Å². The zero-order valence-corrected chi connectivity index (χ0v) is 30.5. The van der Waals surface area contributed by atoms with Gasteiger partial charge in [0.05, 0.1) is 32.3 Å². The second-order valence-electron chi connectivity index (χ2n) is 14.4. The highest BCUT2D eigenvalue weighted by Crippen LogP contribution is 2.43. The maximum absolute atomic E-state index is 6.28. The van der Waals surface area contributed by atoms with Gasteiger partial charge in [-0.3, -0.25) is 4.57 Å². The topological polar surface area (TPSA) is 61.2 Å². The second kappa shape index (κ2) is 11.1. The lowest BCUT2D eigenvalue weighted by atomic mass is 10.0. The van der Waals surface area contributed by atoms with E-state index in [4.69, 9.17) is 19.4 Å². The molecule has 7 aromatic carbocycles. The minimum atomic E-state index is 0.560. The number of hydrogen-bond donors (Lipinski definition) is 0. The van der Waals surface area contributed by atoms with Crippen molar-refractivity contribution in [3.05, 3.63) is 163 Å². The van der Waals surface area contributed by atoms with E-state index in [1.165, 1.54) is 43.0 Å². The van der Waals surface area contributed by atoms with E-state index < -0.39 is 0 Å². The molecule has 0 fully saturated rings. The Labute approximate surface area is 322 Å². The van der Waals surface area contributed by atoms with Crippen molar-refractivity contribution in [2.75, 3.05) is 0 Å². The molecule has 0 saturated heterocycles. The quantitative estimate of drug-likeness (QED) is 0.181. The first-order valence-electron chi connectivity index (χ1n) is 18.7. The first kappa shape index (κ1) is 30.0. The van der Waals surface area contributed by atoms with E-state index in [0.717, 1.165) is 60.4 Å². The van der Waals surface area contributed by atoms with Crippen molar-refractivity contribution in [2.24, 2.45) is 0 Å². The summed E-state index contributed by atoms with van der Waals surface area (Å²) in [6.45, 7) is 0. The molecule has 7 heteroatoms. The molecule has 0 N–H and O–H groups in total. The van der Waals surface area contributed by atoms with Gasteiger partial charge < -0.3 is 8.82 Å². The van der Waals surface area contributed by atoms with Gasteiger partial charge in [0.25, 0.3) is 0 Å². The average Bonchev–Trinajstić information content (AvgIpc) is 4.08. The van der Waals surface area contributed by atoms with Crippen molar-refractivity contribution in [3.8, 4) is 39.9 Å². The molecule has 0 aliphatic rings. The predicted octanol–water partition coefficient (Wildman–Crippen LogP) is 13.1. The highest BCUT2D eigenvalue weighted by Gasteiger charge is 2.21. The molecular formula is C49H27N5OS. The number of para-hydroxylation sites is 3. The summed E-state index contributed by atoms with van der Waals surface area (Å²) in [6, 6.07) is 55.6. The molecule has 13 rings (SSSR count). The van der Waals surface area contributed by atoms with Gasteiger partial charge in [-0.05, 0) is 71.1 Å². The van der Waals surface area contributed by atoms with Crippen LogP contribution in [0.15, 0.2) is 168 Å². The van der Waals surface area contributed by atoms with Crippen LogP contribution in [0.5, 0.6) is 0 Å². The van der Waals surface area contributed by atoms with Gasteiger partial charge in [-0.2, -0.15) is 9.97 Å². The molecule has 6 heterocycles. The first-order chi connectivity index (χ1) is 27.7. The molecule has 260 valence electrons. The fraction of sp³-hybridized carbons (Fsp3) is 0. The summed E-state index contributed by atoms with van der Waals surface area (Å²) in [7, 11) is 0. The van der Waals surface area contributed by atoms with Gasteiger partial charge >= 0.3 is 0 Å². The van der Waals surface area contributed by atoms with Crippen LogP contribution in [0.3, 0.4) is 0 Å². The maximum Gasteiger partial charge on any atom is 0.238 e. The van der Waals surface area contributed by atoms with Crippen LogP contribution in [-0.2, 0) is 0 Å². The third-order valence-electron chi connectivity index (χ3n) is 11.4. The van der Waals surface area contributed by atoms with E-state index in [-0.39, 0.29) is 0 Å². The van der Waals surface area contributed by atoms with Gasteiger partial charge in [-0.25, -0.2) is 4.98 Å². The Morgan fingerprint density at radius 2 is 1.07 bits per heavy atom. The summed E-state index contributed by atoms with van der Waals surface area (Å²) in [5.74, 6) is 1.75. The van der Waals surface area contributed by atoms with Gasteiger partial charge in [0.15, 0.2) is 11.6 Å². The molecule has 6 aromatic heterocycles. The van der Waals surface area contributed by atoms with Crippen LogP contribution in [-0.4, -0.2) is 23.9 Å². The van der Waals surface area contributed by atoms with Gasteiger partial charge in [0.1, 0.15) is 11.2 Å². The van der Waals surface area contributed by atoms with Crippen LogP contribution in [0.1, 0.15) is 0 Å². The summed E-state index contributed by atoms with van der Waals surface area (Å²) < 4.78 is 12.2. The molecule has 0 aliphatic carbocycles. The lowest BCUT2D eigenvalue weighted by Gasteiger charge is -2.11. The van der Waals surface area contributed by atoms with Crippen molar-refractivity contribution in [3.63, 3.8) is 0 Å². The first-order valence-corrected chi connectivity index (χ1v) is 19.6. The molecule has 6 nitrogen and oxygen atoms in total. The van der Waals surface area contributed by atoms with Crippen molar-refractivity contribution in [2.45, 2.75) is 0 Å². The number of rotatable bonds is 4. The highest BCUT2D eigenvalue weighted by atomic mass is 32.1. The van der Waals surface area contributed by atoms with Crippen LogP contribution in [0.4, 0.5) is 0 Å². The summed E-state index contributed by atoms with van der Waals surface area (Å²) in [6.07, 6.45) is 0. The van der Waals surface area contributed by atoms with Crippen LogP contribution >= 0.6 is 11.3 Å². The number of hydrogen-bond acceptors (Lipinski definition) is 5. The molecule has 0 spiro atoms. The molecule has 0 amide bonds. The normalized spacial score (nSPS) is 12.3. The minimum Gasteiger partial charge on any atom is -0.456 e. The van der Waals surface area contributed by atoms with Crippen LogP contribution in [0, 0.1) is 0 Å². The molecule has 0 atom stereocenters. The third kappa shape index (κ3) is 4.12. The monoisotopic (exact) mass is 733 g/mol. The Bertz CT molecular complexity index is 3720. The molecule has 56 heavy (non-hydrogen) atoms. The van der Waals surface area contributed by atoms with Gasteiger partial charge in [-0.15, -0.1) is 11.3 Å². The van der Waals surface area contributed by atoms with E-state index in [9.17, 15) is 0 Å². The SMILES string of the molecule is c1ccc(-c2nc(-c3ccc4c(c3)oc3ccccc34)nc(-n3c4ccccc4c4cc(-c5ccc6c(c5)c5cccc7c8sccc8n6c57)ccc43)n2)cc1. The highest BCUT2D eigenvalue weighted by molar-refractivity contribution is 7.18. The number of aromatic nitrogens is 5. The third-order valence-corrected chi connectivity index (χ3v) is 12.4. The lowest BCUT2D eigenvalue weighted by molar-refractivity contribution is 0.669. The van der Waals surface area contributed by atoms with Crippen LogP contribution in [0.25, 0.3) is 121 Å². The summed E-state index contributed by atoms with van der Waals surface area (Å²) >= 11 is 1.82. The largest absolute Gasteiger partial charge is 0.456 e. The van der Waals surface area contributed by atoms with E-state index in [2.05, 4.69) is 117 Å².